The van der Waals surface area contributed by atoms with E-state index in [-0.39, 0.29) is 0 Å². The van der Waals surface area contributed by atoms with Crippen molar-refractivity contribution in [2.45, 2.75) is 4.90 Å². The molecule has 0 aliphatic carbocycles. The van der Waals surface area contributed by atoms with Crippen molar-refractivity contribution in [3.8, 4) is 0 Å². The van der Waals surface area contributed by atoms with Crippen molar-refractivity contribution >= 4 is 27.3 Å². The molecule has 0 radical (unpaired) electrons. The van der Waals surface area contributed by atoms with Gasteiger partial charge in [0, 0.05) is 54.9 Å². The predicted octanol–water partition coefficient (Wildman–Crippen LogP) is 2.07. The van der Waals surface area contributed by atoms with Gasteiger partial charge in [-0.1, -0.05) is 18.2 Å². The van der Waals surface area contributed by atoms with Crippen molar-refractivity contribution < 1.29 is 4.21 Å². The second-order valence-electron chi connectivity index (χ2n) is 5.01. The molecule has 1 aliphatic heterocycles. The van der Waals surface area contributed by atoms with Crippen LogP contribution in [0.1, 0.15) is 0 Å². The summed E-state index contributed by atoms with van der Waals surface area (Å²) in [6.07, 6.45) is 1.86. The van der Waals surface area contributed by atoms with E-state index < -0.39 is 10.8 Å². The smallest absolute Gasteiger partial charge is 0.185 e. The maximum absolute atomic E-state index is 12.2. The molecule has 0 saturated carbocycles. The molecular formula is C15H19N3OS2. The molecule has 4 nitrogen and oxygen atoms in total. The molecule has 21 heavy (non-hydrogen) atoms. The molecule has 1 fully saturated rings. The predicted molar refractivity (Wildman–Crippen MR) is 88.5 cm³/mol. The van der Waals surface area contributed by atoms with E-state index in [1.165, 1.54) is 0 Å². The zero-order chi connectivity index (χ0) is 14.5. The maximum Gasteiger partial charge on any atom is 0.185 e. The lowest BCUT2D eigenvalue weighted by atomic mass is 10.3. The minimum absolute atomic E-state index is 0.710. The Bertz CT molecular complexity index is 566. The summed E-state index contributed by atoms with van der Waals surface area (Å²) < 4.78 is 12.2. The van der Waals surface area contributed by atoms with Crippen molar-refractivity contribution in [3.05, 3.63) is 41.9 Å². The molecule has 2 aromatic rings. The van der Waals surface area contributed by atoms with Crippen LogP contribution in [0.5, 0.6) is 0 Å². The summed E-state index contributed by atoms with van der Waals surface area (Å²) in [6, 6.07) is 9.73. The van der Waals surface area contributed by atoms with Gasteiger partial charge in [-0.05, 0) is 12.1 Å². The molecule has 2 heterocycles. The second kappa shape index (κ2) is 7.15. The topological polar surface area (TPSA) is 36.4 Å². The first-order valence-electron chi connectivity index (χ1n) is 7.13. The average Bonchev–Trinajstić information content (AvgIpc) is 3.08. The number of hydrogen-bond donors (Lipinski definition) is 0. The van der Waals surface area contributed by atoms with E-state index in [0.29, 0.717) is 5.75 Å². The van der Waals surface area contributed by atoms with E-state index in [4.69, 9.17) is 0 Å². The van der Waals surface area contributed by atoms with Crippen LogP contribution in [0, 0.1) is 0 Å². The van der Waals surface area contributed by atoms with Gasteiger partial charge in [-0.2, -0.15) is 0 Å². The van der Waals surface area contributed by atoms with E-state index in [1.807, 2.05) is 41.9 Å². The average molecular weight is 321 g/mol. The highest BCUT2D eigenvalue weighted by Gasteiger charge is 2.18. The van der Waals surface area contributed by atoms with Gasteiger partial charge in [-0.25, -0.2) is 4.98 Å². The van der Waals surface area contributed by atoms with Crippen molar-refractivity contribution in [3.63, 3.8) is 0 Å². The highest BCUT2D eigenvalue weighted by Crippen LogP contribution is 2.18. The standard InChI is InChI=1S/C15H19N3OS2/c19-21(14-4-2-1-3-5-14)13-11-17-7-9-18(10-8-17)15-16-6-12-20-15/h1-6,12H,7-11,13H2. The molecule has 0 bridgehead atoms. The zero-order valence-corrected chi connectivity index (χ0v) is 13.5. The largest absolute Gasteiger partial charge is 0.346 e. The van der Waals surface area contributed by atoms with Gasteiger partial charge < -0.3 is 4.90 Å². The first-order chi connectivity index (χ1) is 10.3. The number of benzene rings is 1. The van der Waals surface area contributed by atoms with Crippen LogP contribution < -0.4 is 4.90 Å². The van der Waals surface area contributed by atoms with Crippen LogP contribution in [-0.2, 0) is 10.8 Å². The summed E-state index contributed by atoms with van der Waals surface area (Å²) >= 11 is 1.69. The van der Waals surface area contributed by atoms with Gasteiger partial charge in [0.1, 0.15) is 0 Å². The molecule has 0 N–H and O–H groups in total. The van der Waals surface area contributed by atoms with Crippen LogP contribution in [-0.4, -0.2) is 52.6 Å². The summed E-state index contributed by atoms with van der Waals surface area (Å²) in [5.74, 6) is 0.710. The second-order valence-corrected chi connectivity index (χ2v) is 7.45. The van der Waals surface area contributed by atoms with Crippen molar-refractivity contribution in [1.29, 1.82) is 0 Å². The summed E-state index contributed by atoms with van der Waals surface area (Å²) in [7, 11) is -0.889. The molecule has 112 valence electrons. The number of hydrogen-bond acceptors (Lipinski definition) is 5. The Morgan fingerprint density at radius 1 is 1.14 bits per heavy atom. The van der Waals surface area contributed by atoms with Crippen LogP contribution in [0.15, 0.2) is 46.8 Å². The molecule has 1 atom stereocenters. The molecule has 0 spiro atoms. The number of thiazole rings is 1. The third-order valence-electron chi connectivity index (χ3n) is 3.66. The van der Waals surface area contributed by atoms with Gasteiger partial charge in [0.05, 0.1) is 10.8 Å². The number of rotatable bonds is 5. The SMILES string of the molecule is O=S(CCN1CCN(c2nccs2)CC1)c1ccccc1. The van der Waals surface area contributed by atoms with Crippen LogP contribution >= 0.6 is 11.3 Å². The minimum Gasteiger partial charge on any atom is -0.346 e. The maximum atomic E-state index is 12.2. The van der Waals surface area contributed by atoms with Gasteiger partial charge in [0.15, 0.2) is 5.13 Å². The van der Waals surface area contributed by atoms with Gasteiger partial charge in [0.25, 0.3) is 0 Å². The summed E-state index contributed by atoms with van der Waals surface area (Å²) in [5.41, 5.74) is 0. The van der Waals surface area contributed by atoms with E-state index in [2.05, 4.69) is 14.8 Å². The lowest BCUT2D eigenvalue weighted by Crippen LogP contribution is -2.47. The third-order valence-corrected chi connectivity index (χ3v) is 5.84. The Balaban J connectivity index is 1.45. The Hall–Kier alpha value is -1.24. The summed E-state index contributed by atoms with van der Waals surface area (Å²) in [6.45, 7) is 4.95. The fraction of sp³-hybridized carbons (Fsp3) is 0.400. The van der Waals surface area contributed by atoms with Crippen molar-refractivity contribution in [2.24, 2.45) is 0 Å². The Morgan fingerprint density at radius 2 is 1.90 bits per heavy atom. The Morgan fingerprint density at radius 3 is 2.57 bits per heavy atom. The van der Waals surface area contributed by atoms with Crippen LogP contribution in [0.2, 0.25) is 0 Å². The Labute approximate surface area is 131 Å². The van der Waals surface area contributed by atoms with Crippen LogP contribution in [0.3, 0.4) is 0 Å². The number of anilines is 1. The normalized spacial score (nSPS) is 17.8. The first-order valence-corrected chi connectivity index (χ1v) is 9.33. The van der Waals surface area contributed by atoms with E-state index in [9.17, 15) is 4.21 Å². The van der Waals surface area contributed by atoms with Gasteiger partial charge in [-0.15, -0.1) is 11.3 Å². The molecule has 1 saturated heterocycles. The van der Waals surface area contributed by atoms with Gasteiger partial charge >= 0.3 is 0 Å². The quantitative estimate of drug-likeness (QED) is 0.845. The molecule has 1 aliphatic rings. The summed E-state index contributed by atoms with van der Waals surface area (Å²) in [5, 5.41) is 3.13. The van der Waals surface area contributed by atoms with E-state index >= 15 is 0 Å². The fourth-order valence-electron chi connectivity index (χ4n) is 2.44. The monoisotopic (exact) mass is 321 g/mol. The third kappa shape index (κ3) is 3.90. The highest BCUT2D eigenvalue weighted by atomic mass is 32.2. The van der Waals surface area contributed by atoms with E-state index in [0.717, 1.165) is 42.8 Å². The molecule has 6 heteroatoms. The summed E-state index contributed by atoms with van der Waals surface area (Å²) in [4.78, 5) is 10.0. The van der Waals surface area contributed by atoms with Crippen LogP contribution in [0.4, 0.5) is 5.13 Å². The molecule has 1 aromatic carbocycles. The molecular weight excluding hydrogens is 302 g/mol. The number of nitrogens with zero attached hydrogens (tertiary/aromatic N) is 3. The number of piperazine rings is 1. The minimum atomic E-state index is -0.889. The van der Waals surface area contributed by atoms with Crippen LogP contribution in [0.25, 0.3) is 0 Å². The molecule has 1 aromatic heterocycles. The van der Waals surface area contributed by atoms with Gasteiger partial charge in [0.2, 0.25) is 0 Å². The van der Waals surface area contributed by atoms with Crippen molar-refractivity contribution in [2.75, 3.05) is 43.4 Å². The van der Waals surface area contributed by atoms with Crippen molar-refractivity contribution in [1.82, 2.24) is 9.88 Å². The first kappa shape index (κ1) is 14.7. The number of aromatic nitrogens is 1. The zero-order valence-electron chi connectivity index (χ0n) is 11.9. The Kier molecular flexibility index (Phi) is 5.00. The lowest BCUT2D eigenvalue weighted by molar-refractivity contribution is 0.272. The van der Waals surface area contributed by atoms with E-state index in [1.54, 1.807) is 11.3 Å². The van der Waals surface area contributed by atoms with Gasteiger partial charge in [-0.3, -0.25) is 9.11 Å². The fourth-order valence-corrected chi connectivity index (χ4v) is 4.25. The lowest BCUT2D eigenvalue weighted by Gasteiger charge is -2.34. The molecule has 0 amide bonds. The highest BCUT2D eigenvalue weighted by molar-refractivity contribution is 7.85. The molecule has 1 unspecified atom stereocenters. The molecule has 3 rings (SSSR count).